The maximum Gasteiger partial charge on any atom is 0.267 e. The van der Waals surface area contributed by atoms with E-state index in [-0.39, 0.29) is 17.5 Å². The van der Waals surface area contributed by atoms with Gasteiger partial charge >= 0.3 is 0 Å². The van der Waals surface area contributed by atoms with Crippen molar-refractivity contribution in [3.05, 3.63) is 112 Å². The predicted molar refractivity (Wildman–Crippen MR) is 136 cm³/mol. The number of para-hydroxylation sites is 2. The van der Waals surface area contributed by atoms with E-state index in [4.69, 9.17) is 10.1 Å². The molecule has 0 fully saturated rings. The molecule has 3 heterocycles. The molecule has 0 saturated carbocycles. The quantitative estimate of drug-likeness (QED) is 0.386. The van der Waals surface area contributed by atoms with E-state index in [0.29, 0.717) is 24.5 Å². The molecule has 7 nitrogen and oxygen atoms in total. The fourth-order valence-electron chi connectivity index (χ4n) is 4.76. The molecule has 1 atom stereocenters. The number of aromatic nitrogens is 4. The Kier molecular flexibility index (Phi) is 5.03. The summed E-state index contributed by atoms with van der Waals surface area (Å²) >= 11 is 0. The summed E-state index contributed by atoms with van der Waals surface area (Å²) in [6, 6.07) is 26.3. The Labute approximate surface area is 201 Å². The number of hydrogen-bond acceptors (Lipinski definition) is 4. The Hall–Kier alpha value is -4.52. The first-order valence-electron chi connectivity index (χ1n) is 11.7. The van der Waals surface area contributed by atoms with E-state index < -0.39 is 0 Å². The highest BCUT2D eigenvalue weighted by Gasteiger charge is 2.20. The Morgan fingerprint density at radius 3 is 2.63 bits per heavy atom. The number of carbonyl (C=O) groups is 1. The maximum absolute atomic E-state index is 13.3. The summed E-state index contributed by atoms with van der Waals surface area (Å²) in [6.07, 6.45) is 0.650. The van der Waals surface area contributed by atoms with Crippen LogP contribution in [0, 0.1) is 0 Å². The third kappa shape index (κ3) is 3.71. The van der Waals surface area contributed by atoms with E-state index >= 15 is 0 Å². The number of fused-ring (bicyclic) bond motifs is 10. The summed E-state index contributed by atoms with van der Waals surface area (Å²) in [5, 5.41) is 7.77. The lowest BCUT2D eigenvalue weighted by atomic mass is 10.0. The van der Waals surface area contributed by atoms with Gasteiger partial charge in [0.25, 0.3) is 11.5 Å². The van der Waals surface area contributed by atoms with E-state index in [1.807, 2.05) is 72.2 Å². The van der Waals surface area contributed by atoms with Crippen LogP contribution in [0.4, 0.5) is 5.95 Å². The molecular weight excluding hydrogens is 438 g/mol. The number of amides is 1. The molecule has 1 aliphatic heterocycles. The molecule has 1 amide bonds. The normalized spacial score (nSPS) is 15.1. The zero-order chi connectivity index (χ0) is 23.9. The van der Waals surface area contributed by atoms with Gasteiger partial charge in [-0.1, -0.05) is 49.4 Å². The molecule has 0 radical (unpaired) electrons. The van der Waals surface area contributed by atoms with E-state index in [0.717, 1.165) is 33.4 Å². The van der Waals surface area contributed by atoms with Crippen molar-refractivity contribution in [2.75, 3.05) is 5.32 Å². The lowest BCUT2D eigenvalue weighted by molar-refractivity contribution is 0.102. The second-order valence-electron chi connectivity index (χ2n) is 8.72. The zero-order valence-corrected chi connectivity index (χ0v) is 19.2. The van der Waals surface area contributed by atoms with Crippen molar-refractivity contribution in [2.24, 2.45) is 0 Å². The first kappa shape index (κ1) is 21.0. The van der Waals surface area contributed by atoms with Gasteiger partial charge in [0.1, 0.15) is 0 Å². The molecular formula is C28H23N5O2. The SMILES string of the molecule is CC[C@@H]1c2cccc(c2)C(=O)Nc2nc3ccccc3n2Cc2cccc(c2)-c2ccc(=O)n1n2. The second kappa shape index (κ2) is 8.36. The molecule has 35 heavy (non-hydrogen) atoms. The van der Waals surface area contributed by atoms with Gasteiger partial charge in [-0.3, -0.25) is 14.9 Å². The number of nitrogens with zero attached hydrogens (tertiary/aromatic N) is 4. The highest BCUT2D eigenvalue weighted by molar-refractivity contribution is 6.04. The van der Waals surface area contributed by atoms with E-state index in [9.17, 15) is 9.59 Å². The van der Waals surface area contributed by atoms with Crippen LogP contribution in [0.2, 0.25) is 0 Å². The number of nitrogens with one attached hydrogen (secondary N) is 1. The van der Waals surface area contributed by atoms with Crippen molar-refractivity contribution in [3.63, 3.8) is 0 Å². The third-order valence-corrected chi connectivity index (χ3v) is 6.48. The first-order chi connectivity index (χ1) is 17.1. The van der Waals surface area contributed by atoms with Crippen LogP contribution in [0.5, 0.6) is 0 Å². The fourth-order valence-corrected chi connectivity index (χ4v) is 4.76. The number of benzene rings is 3. The van der Waals surface area contributed by atoms with Crippen molar-refractivity contribution in [2.45, 2.75) is 25.9 Å². The van der Waals surface area contributed by atoms with Crippen LogP contribution in [0.25, 0.3) is 22.3 Å². The van der Waals surface area contributed by atoms with Crippen LogP contribution >= 0.6 is 0 Å². The molecule has 6 bridgehead atoms. The van der Waals surface area contributed by atoms with Gasteiger partial charge in [0.2, 0.25) is 5.95 Å². The molecule has 0 unspecified atom stereocenters. The maximum atomic E-state index is 13.3. The molecule has 1 N–H and O–H groups in total. The standard InChI is InChI=1S/C28H23N5O2/c1-2-24-20-9-6-10-21(16-20)27(35)30-28-29-23-11-3-4-12-25(23)32(28)17-18-7-5-8-19(15-18)22-13-14-26(34)33(24)31-22/h3-16,24H,2,17H2,1H3,(H,29,30,35)/t24-/m1/s1. The molecule has 0 spiro atoms. The van der Waals surface area contributed by atoms with Crippen molar-refractivity contribution in [1.82, 2.24) is 19.3 Å². The fraction of sp³-hybridized carbons (Fsp3) is 0.143. The first-order valence-corrected chi connectivity index (χ1v) is 11.7. The highest BCUT2D eigenvalue weighted by Crippen LogP contribution is 2.26. The lowest BCUT2D eigenvalue weighted by Gasteiger charge is -2.19. The van der Waals surface area contributed by atoms with Crippen LogP contribution in [-0.4, -0.2) is 25.2 Å². The number of rotatable bonds is 1. The second-order valence-corrected chi connectivity index (χ2v) is 8.72. The summed E-state index contributed by atoms with van der Waals surface area (Å²) < 4.78 is 3.54. The Morgan fingerprint density at radius 2 is 1.74 bits per heavy atom. The predicted octanol–water partition coefficient (Wildman–Crippen LogP) is 4.87. The Morgan fingerprint density at radius 1 is 0.914 bits per heavy atom. The minimum Gasteiger partial charge on any atom is -0.305 e. The van der Waals surface area contributed by atoms with Gasteiger partial charge in [-0.25, -0.2) is 9.67 Å². The smallest absolute Gasteiger partial charge is 0.267 e. The summed E-state index contributed by atoms with van der Waals surface area (Å²) in [6.45, 7) is 2.52. The molecule has 1 aliphatic rings. The molecule has 3 aromatic carbocycles. The minimum absolute atomic E-state index is 0.178. The average Bonchev–Trinajstić information content (AvgIpc) is 3.22. The Balaban J connectivity index is 1.61. The monoisotopic (exact) mass is 461 g/mol. The van der Waals surface area contributed by atoms with Gasteiger partial charge < -0.3 is 4.57 Å². The van der Waals surface area contributed by atoms with E-state index in [1.165, 1.54) is 4.68 Å². The van der Waals surface area contributed by atoms with Crippen molar-refractivity contribution in [3.8, 4) is 11.3 Å². The van der Waals surface area contributed by atoms with Crippen LogP contribution in [-0.2, 0) is 6.54 Å². The molecule has 2 aromatic heterocycles. The van der Waals surface area contributed by atoms with Crippen molar-refractivity contribution < 1.29 is 4.79 Å². The minimum atomic E-state index is -0.298. The molecule has 6 rings (SSSR count). The zero-order valence-electron chi connectivity index (χ0n) is 19.2. The third-order valence-electron chi connectivity index (χ3n) is 6.48. The summed E-state index contributed by atoms with van der Waals surface area (Å²) in [7, 11) is 0. The summed E-state index contributed by atoms with van der Waals surface area (Å²) in [5.74, 6) is 0.236. The van der Waals surface area contributed by atoms with Gasteiger partial charge in [0, 0.05) is 17.2 Å². The number of hydrogen-bond donors (Lipinski definition) is 1. The van der Waals surface area contributed by atoms with E-state index in [1.54, 1.807) is 18.2 Å². The number of carbonyl (C=O) groups excluding carboxylic acids is 1. The summed E-state index contributed by atoms with van der Waals surface area (Å²) in [4.78, 5) is 30.9. The molecule has 5 aromatic rings. The van der Waals surface area contributed by atoms with Crippen LogP contribution in [0.1, 0.15) is 40.9 Å². The molecule has 0 saturated heterocycles. The molecule has 172 valence electrons. The molecule has 7 heteroatoms. The van der Waals surface area contributed by atoms with E-state index in [2.05, 4.69) is 11.4 Å². The van der Waals surface area contributed by atoms with Gasteiger partial charge in [-0.15, -0.1) is 0 Å². The lowest BCUT2D eigenvalue weighted by Crippen LogP contribution is -2.27. The largest absolute Gasteiger partial charge is 0.305 e. The van der Waals surface area contributed by atoms with Gasteiger partial charge in [-0.05, 0) is 53.9 Å². The topological polar surface area (TPSA) is 81.8 Å². The highest BCUT2D eigenvalue weighted by atomic mass is 16.2. The summed E-state index contributed by atoms with van der Waals surface area (Å²) in [5.41, 5.74) is 5.59. The van der Waals surface area contributed by atoms with Crippen LogP contribution in [0.3, 0.4) is 0 Å². The van der Waals surface area contributed by atoms with Crippen molar-refractivity contribution in [1.29, 1.82) is 0 Å². The average molecular weight is 462 g/mol. The van der Waals surface area contributed by atoms with Gasteiger partial charge in [-0.2, -0.15) is 5.10 Å². The number of imidazole rings is 1. The van der Waals surface area contributed by atoms with Crippen molar-refractivity contribution >= 4 is 22.9 Å². The number of anilines is 1. The van der Waals surface area contributed by atoms with Crippen LogP contribution < -0.4 is 10.9 Å². The van der Waals surface area contributed by atoms with Crippen LogP contribution in [0.15, 0.2) is 89.7 Å². The van der Waals surface area contributed by atoms with Gasteiger partial charge in [0.05, 0.1) is 29.3 Å². The van der Waals surface area contributed by atoms with Gasteiger partial charge in [0.15, 0.2) is 0 Å². The Bertz CT molecular complexity index is 1650. The molecule has 0 aliphatic carbocycles.